The van der Waals surface area contributed by atoms with E-state index in [4.69, 9.17) is 9.47 Å². The highest BCUT2D eigenvalue weighted by atomic mass is 19.4. The van der Waals surface area contributed by atoms with E-state index in [9.17, 15) is 13.2 Å². The van der Waals surface area contributed by atoms with E-state index in [2.05, 4.69) is 15.0 Å². The zero-order valence-corrected chi connectivity index (χ0v) is 16.5. The predicted octanol–water partition coefficient (Wildman–Crippen LogP) is 5.22. The lowest BCUT2D eigenvalue weighted by atomic mass is 10.1. The topological polar surface area (TPSA) is 57.1 Å². The Labute approximate surface area is 157 Å². The van der Waals surface area contributed by atoms with Crippen LogP contribution in [0.2, 0.25) is 0 Å². The highest BCUT2D eigenvalue weighted by Crippen LogP contribution is 2.43. The number of alkyl halides is 3. The van der Waals surface area contributed by atoms with Crippen molar-refractivity contribution in [3.05, 3.63) is 29.5 Å². The minimum Gasteiger partial charge on any atom is -0.471 e. The summed E-state index contributed by atoms with van der Waals surface area (Å²) in [4.78, 5) is 12.2. The van der Waals surface area contributed by atoms with Crippen molar-refractivity contribution < 1.29 is 22.6 Å². The van der Waals surface area contributed by atoms with Gasteiger partial charge in [-0.25, -0.2) is 0 Å². The molecule has 0 aromatic carbocycles. The van der Waals surface area contributed by atoms with Crippen molar-refractivity contribution in [3.63, 3.8) is 0 Å². The number of nitrogens with zero attached hydrogens (tertiary/aromatic N) is 3. The molecule has 2 heterocycles. The maximum Gasteiger partial charge on any atom is 0.426 e. The van der Waals surface area contributed by atoms with Crippen LogP contribution in [0.5, 0.6) is 11.8 Å². The Hall–Kier alpha value is -2.38. The lowest BCUT2D eigenvalue weighted by molar-refractivity contribution is -0.142. The molecule has 0 atom stereocenters. The van der Waals surface area contributed by atoms with E-state index in [0.717, 1.165) is 5.56 Å². The van der Waals surface area contributed by atoms with Crippen LogP contribution in [0.15, 0.2) is 18.3 Å². The standard InChI is InChI=1S/C19H24F3N3O2/c1-11-8-9-12(23-10-11)14-24-15(26-17(2,3)4)13(19(20,21)22)16(25-14)27-18(5,6)7/h8-10H,1-7H3. The van der Waals surface area contributed by atoms with Gasteiger partial charge in [0.05, 0.1) is 0 Å². The molecule has 0 spiro atoms. The molecule has 0 bridgehead atoms. The van der Waals surface area contributed by atoms with Crippen LogP contribution >= 0.6 is 0 Å². The van der Waals surface area contributed by atoms with Crippen LogP contribution in [-0.4, -0.2) is 26.2 Å². The summed E-state index contributed by atoms with van der Waals surface area (Å²) in [6, 6.07) is 3.41. The van der Waals surface area contributed by atoms with Crippen LogP contribution in [0.1, 0.15) is 52.7 Å². The number of pyridine rings is 1. The molecule has 0 unspecified atom stereocenters. The number of aromatic nitrogens is 3. The van der Waals surface area contributed by atoms with Crippen molar-refractivity contribution in [2.45, 2.75) is 65.8 Å². The van der Waals surface area contributed by atoms with Gasteiger partial charge in [0.15, 0.2) is 11.4 Å². The molecule has 0 radical (unpaired) electrons. The van der Waals surface area contributed by atoms with Crippen molar-refractivity contribution in [3.8, 4) is 23.3 Å². The van der Waals surface area contributed by atoms with Gasteiger partial charge in [-0.2, -0.15) is 23.1 Å². The first-order chi connectivity index (χ1) is 12.2. The smallest absolute Gasteiger partial charge is 0.426 e. The molecule has 0 aliphatic heterocycles. The van der Waals surface area contributed by atoms with E-state index in [1.807, 2.05) is 6.92 Å². The highest BCUT2D eigenvalue weighted by Gasteiger charge is 2.43. The summed E-state index contributed by atoms with van der Waals surface area (Å²) in [5.41, 5.74) is -1.70. The summed E-state index contributed by atoms with van der Waals surface area (Å²) >= 11 is 0. The molecule has 5 nitrogen and oxygen atoms in total. The van der Waals surface area contributed by atoms with Crippen LogP contribution in [0.25, 0.3) is 11.5 Å². The molecule has 0 amide bonds. The Bertz CT molecular complexity index is 768. The van der Waals surface area contributed by atoms with Crippen molar-refractivity contribution >= 4 is 0 Å². The summed E-state index contributed by atoms with van der Waals surface area (Å²) in [5, 5.41) is 0. The number of halogens is 3. The van der Waals surface area contributed by atoms with Gasteiger partial charge in [0.25, 0.3) is 0 Å². The molecular weight excluding hydrogens is 359 g/mol. The number of rotatable bonds is 3. The molecule has 0 fully saturated rings. The monoisotopic (exact) mass is 383 g/mol. The fourth-order valence-electron chi connectivity index (χ4n) is 2.11. The van der Waals surface area contributed by atoms with Crippen LogP contribution in [0.3, 0.4) is 0 Å². The van der Waals surface area contributed by atoms with Gasteiger partial charge in [0.1, 0.15) is 16.9 Å². The van der Waals surface area contributed by atoms with Gasteiger partial charge in [0, 0.05) is 6.20 Å². The molecule has 2 rings (SSSR count). The summed E-state index contributed by atoms with van der Waals surface area (Å²) in [6.07, 6.45) is -3.16. The van der Waals surface area contributed by atoms with E-state index in [0.29, 0.717) is 5.69 Å². The summed E-state index contributed by atoms with van der Waals surface area (Å²) in [7, 11) is 0. The summed E-state index contributed by atoms with van der Waals surface area (Å²) in [6.45, 7) is 11.7. The molecule has 0 saturated carbocycles. The first kappa shape index (κ1) is 20.9. The molecular formula is C19H24F3N3O2. The molecule has 0 aliphatic carbocycles. The Morgan fingerprint density at radius 3 is 1.63 bits per heavy atom. The zero-order chi connectivity index (χ0) is 20.6. The number of hydrogen-bond donors (Lipinski definition) is 0. The number of ether oxygens (including phenoxy) is 2. The minimum atomic E-state index is -4.75. The number of hydrogen-bond acceptors (Lipinski definition) is 5. The quantitative estimate of drug-likeness (QED) is 0.727. The normalized spacial score (nSPS) is 12.8. The lowest BCUT2D eigenvalue weighted by Crippen LogP contribution is -2.29. The Balaban J connectivity index is 2.75. The summed E-state index contributed by atoms with van der Waals surface area (Å²) in [5.74, 6) is -1.16. The maximum atomic E-state index is 13.8. The zero-order valence-electron chi connectivity index (χ0n) is 16.5. The molecule has 0 aliphatic rings. The fourth-order valence-corrected chi connectivity index (χ4v) is 2.11. The van der Waals surface area contributed by atoms with E-state index < -0.39 is 34.7 Å². The van der Waals surface area contributed by atoms with Crippen molar-refractivity contribution in [1.29, 1.82) is 0 Å². The molecule has 2 aromatic heterocycles. The maximum absolute atomic E-state index is 13.8. The van der Waals surface area contributed by atoms with Gasteiger partial charge in [0.2, 0.25) is 11.8 Å². The first-order valence-corrected chi connectivity index (χ1v) is 8.46. The lowest BCUT2D eigenvalue weighted by Gasteiger charge is -2.27. The molecule has 2 aromatic rings. The average Bonchev–Trinajstić information content (AvgIpc) is 2.42. The van der Waals surface area contributed by atoms with Gasteiger partial charge in [-0.05, 0) is 60.1 Å². The van der Waals surface area contributed by atoms with E-state index in [1.54, 1.807) is 59.9 Å². The van der Waals surface area contributed by atoms with E-state index in [1.165, 1.54) is 0 Å². The van der Waals surface area contributed by atoms with E-state index in [-0.39, 0.29) is 5.82 Å². The third-order valence-electron chi connectivity index (χ3n) is 3.07. The second-order valence-electron chi connectivity index (χ2n) is 8.18. The third-order valence-corrected chi connectivity index (χ3v) is 3.07. The van der Waals surface area contributed by atoms with Crippen molar-refractivity contribution in [2.75, 3.05) is 0 Å². The third kappa shape index (κ3) is 5.80. The Morgan fingerprint density at radius 1 is 0.815 bits per heavy atom. The average molecular weight is 383 g/mol. The Morgan fingerprint density at radius 2 is 1.30 bits per heavy atom. The van der Waals surface area contributed by atoms with Gasteiger partial charge >= 0.3 is 6.18 Å². The number of aryl methyl sites for hydroxylation is 1. The molecule has 27 heavy (non-hydrogen) atoms. The predicted molar refractivity (Wildman–Crippen MR) is 95.8 cm³/mol. The van der Waals surface area contributed by atoms with Gasteiger partial charge in [-0.15, -0.1) is 0 Å². The van der Waals surface area contributed by atoms with Crippen LogP contribution < -0.4 is 9.47 Å². The van der Waals surface area contributed by atoms with E-state index >= 15 is 0 Å². The Kier molecular flexibility index (Phi) is 5.41. The first-order valence-electron chi connectivity index (χ1n) is 8.46. The largest absolute Gasteiger partial charge is 0.471 e. The van der Waals surface area contributed by atoms with Gasteiger partial charge in [-0.1, -0.05) is 6.07 Å². The van der Waals surface area contributed by atoms with Crippen LogP contribution in [0, 0.1) is 6.92 Å². The summed E-state index contributed by atoms with van der Waals surface area (Å²) < 4.78 is 52.4. The fraction of sp³-hybridized carbons (Fsp3) is 0.526. The minimum absolute atomic E-state index is 0.00139. The highest BCUT2D eigenvalue weighted by molar-refractivity contribution is 5.54. The second kappa shape index (κ2) is 6.98. The van der Waals surface area contributed by atoms with Crippen LogP contribution in [-0.2, 0) is 6.18 Å². The van der Waals surface area contributed by atoms with Gasteiger partial charge in [-0.3, -0.25) is 4.98 Å². The molecule has 0 N–H and O–H groups in total. The molecule has 148 valence electrons. The second-order valence-corrected chi connectivity index (χ2v) is 8.18. The SMILES string of the molecule is Cc1ccc(-c2nc(OC(C)(C)C)c(C(F)(F)F)c(OC(C)(C)C)n2)nc1. The van der Waals surface area contributed by atoms with Gasteiger partial charge < -0.3 is 9.47 Å². The van der Waals surface area contributed by atoms with Crippen LogP contribution in [0.4, 0.5) is 13.2 Å². The molecule has 8 heteroatoms. The van der Waals surface area contributed by atoms with Crippen molar-refractivity contribution in [2.24, 2.45) is 0 Å². The molecule has 0 saturated heterocycles. The van der Waals surface area contributed by atoms with Crippen molar-refractivity contribution in [1.82, 2.24) is 15.0 Å².